The van der Waals surface area contributed by atoms with Gasteiger partial charge in [-0.3, -0.25) is 9.59 Å². The van der Waals surface area contributed by atoms with Gasteiger partial charge in [-0.05, 0) is 26.7 Å². The fraction of sp³-hybridized carbons (Fsp3) is 0.680. The molecular weight excluding hydrogens is 380 g/mol. The van der Waals surface area contributed by atoms with Crippen LogP contribution in [0.15, 0.2) is 20.5 Å². The van der Waals surface area contributed by atoms with E-state index in [2.05, 4.69) is 13.8 Å². The first-order chi connectivity index (χ1) is 14.0. The standard InChI is InChI=1S/C25H38O5/c1-10-12(3)23-14(5)21(27)17(8)25(30-23)18(9)22(28)16(7)24-15(6)20(26)13(4)19(11-2)29-24/h12,14,16,18,22-23,28H,10-11H2,1-9H3. The van der Waals surface area contributed by atoms with E-state index in [1.807, 2.05) is 27.7 Å². The van der Waals surface area contributed by atoms with E-state index in [0.29, 0.717) is 40.4 Å². The SMILES string of the molecule is CCc1oc(C(C)C(O)C(C)C2=C(C)C(=O)C(C)C(C(C)CC)O2)c(C)c(=O)c1C. The number of aliphatic hydroxyl groups excluding tert-OH is 1. The van der Waals surface area contributed by atoms with Crippen molar-refractivity contribution in [2.75, 3.05) is 0 Å². The lowest BCUT2D eigenvalue weighted by Crippen LogP contribution is -2.41. The molecule has 1 aromatic rings. The van der Waals surface area contributed by atoms with Crippen LogP contribution in [-0.4, -0.2) is 23.1 Å². The van der Waals surface area contributed by atoms with Crippen LogP contribution in [0.25, 0.3) is 0 Å². The van der Waals surface area contributed by atoms with Crippen molar-refractivity contribution in [3.63, 3.8) is 0 Å². The van der Waals surface area contributed by atoms with Crippen LogP contribution < -0.4 is 5.43 Å². The van der Waals surface area contributed by atoms with Crippen molar-refractivity contribution in [2.45, 2.75) is 93.3 Å². The zero-order valence-electron chi connectivity index (χ0n) is 20.0. The van der Waals surface area contributed by atoms with E-state index in [0.717, 1.165) is 6.42 Å². The zero-order valence-corrected chi connectivity index (χ0v) is 20.0. The summed E-state index contributed by atoms with van der Waals surface area (Å²) in [4.78, 5) is 25.5. The van der Waals surface area contributed by atoms with Crippen molar-refractivity contribution in [3.8, 4) is 0 Å². The number of aryl methyl sites for hydroxylation is 1. The van der Waals surface area contributed by atoms with Crippen LogP contribution in [0.1, 0.15) is 83.5 Å². The lowest BCUT2D eigenvalue weighted by molar-refractivity contribution is -0.128. The predicted molar refractivity (Wildman–Crippen MR) is 119 cm³/mol. The highest BCUT2D eigenvalue weighted by Gasteiger charge is 2.40. The number of carbonyl (C=O) groups excluding carboxylic acids is 1. The van der Waals surface area contributed by atoms with Crippen molar-refractivity contribution in [2.24, 2.45) is 17.8 Å². The van der Waals surface area contributed by atoms with Crippen LogP contribution in [0.4, 0.5) is 0 Å². The molecule has 0 aromatic carbocycles. The normalized spacial score (nSPS) is 23.7. The zero-order chi connectivity index (χ0) is 22.9. The first kappa shape index (κ1) is 24.4. The molecule has 5 nitrogen and oxygen atoms in total. The smallest absolute Gasteiger partial charge is 0.191 e. The van der Waals surface area contributed by atoms with Crippen molar-refractivity contribution in [1.82, 2.24) is 0 Å². The molecular formula is C25H38O5. The van der Waals surface area contributed by atoms with Gasteiger partial charge in [0.25, 0.3) is 0 Å². The van der Waals surface area contributed by atoms with Gasteiger partial charge in [-0.1, -0.05) is 48.0 Å². The van der Waals surface area contributed by atoms with E-state index in [4.69, 9.17) is 9.15 Å². The third kappa shape index (κ3) is 4.27. The second-order valence-corrected chi connectivity index (χ2v) is 9.00. The molecule has 30 heavy (non-hydrogen) atoms. The monoisotopic (exact) mass is 418 g/mol. The summed E-state index contributed by atoms with van der Waals surface area (Å²) in [6.07, 6.45) is 0.471. The summed E-state index contributed by atoms with van der Waals surface area (Å²) < 4.78 is 12.4. The molecule has 0 fully saturated rings. The Hall–Kier alpha value is -1.88. The molecule has 2 rings (SSSR count). The van der Waals surface area contributed by atoms with Crippen molar-refractivity contribution in [3.05, 3.63) is 44.2 Å². The van der Waals surface area contributed by atoms with E-state index in [1.165, 1.54) is 0 Å². The molecule has 0 aliphatic carbocycles. The number of ether oxygens (including phenoxy) is 1. The Labute approximate surface area is 180 Å². The lowest BCUT2D eigenvalue weighted by atomic mass is 9.80. The minimum atomic E-state index is -0.858. The van der Waals surface area contributed by atoms with Crippen LogP contribution in [0.3, 0.4) is 0 Å². The molecule has 0 spiro atoms. The molecule has 1 aliphatic rings. The summed E-state index contributed by atoms with van der Waals surface area (Å²) >= 11 is 0. The van der Waals surface area contributed by atoms with Gasteiger partial charge < -0.3 is 14.3 Å². The minimum absolute atomic E-state index is 0.0371. The maximum atomic E-state index is 12.9. The Morgan fingerprint density at radius 2 is 1.60 bits per heavy atom. The second-order valence-electron chi connectivity index (χ2n) is 9.00. The van der Waals surface area contributed by atoms with E-state index in [9.17, 15) is 14.7 Å². The maximum absolute atomic E-state index is 12.9. The number of allylic oxidation sites excluding steroid dienone is 1. The van der Waals surface area contributed by atoms with Gasteiger partial charge in [-0.15, -0.1) is 0 Å². The van der Waals surface area contributed by atoms with Gasteiger partial charge in [-0.2, -0.15) is 0 Å². The van der Waals surface area contributed by atoms with Gasteiger partial charge >= 0.3 is 0 Å². The summed E-state index contributed by atoms with van der Waals surface area (Å²) in [6.45, 7) is 17.1. The maximum Gasteiger partial charge on any atom is 0.191 e. The lowest BCUT2D eigenvalue weighted by Gasteiger charge is -2.38. The molecule has 6 atom stereocenters. The molecule has 0 bridgehead atoms. The van der Waals surface area contributed by atoms with E-state index < -0.39 is 17.9 Å². The highest BCUT2D eigenvalue weighted by Crippen LogP contribution is 2.38. The first-order valence-electron chi connectivity index (χ1n) is 11.2. The van der Waals surface area contributed by atoms with Gasteiger partial charge in [0.05, 0.1) is 12.0 Å². The summed E-state index contributed by atoms with van der Waals surface area (Å²) in [6, 6.07) is 0. The number of ketones is 1. The van der Waals surface area contributed by atoms with E-state index in [-0.39, 0.29) is 29.2 Å². The van der Waals surface area contributed by atoms with Crippen molar-refractivity contribution < 1.29 is 19.1 Å². The highest BCUT2D eigenvalue weighted by molar-refractivity contribution is 5.98. The third-order valence-electron chi connectivity index (χ3n) is 6.99. The van der Waals surface area contributed by atoms with E-state index in [1.54, 1.807) is 20.8 Å². The topological polar surface area (TPSA) is 76.7 Å². The number of hydrogen-bond donors (Lipinski definition) is 1. The highest BCUT2D eigenvalue weighted by atomic mass is 16.5. The summed E-state index contributed by atoms with van der Waals surface area (Å²) in [5, 5.41) is 11.2. The van der Waals surface area contributed by atoms with Gasteiger partial charge in [-0.25, -0.2) is 0 Å². The predicted octanol–water partition coefficient (Wildman–Crippen LogP) is 4.84. The molecule has 2 heterocycles. The molecule has 0 radical (unpaired) electrons. The Morgan fingerprint density at radius 1 is 1.00 bits per heavy atom. The Balaban J connectivity index is 2.41. The summed E-state index contributed by atoms with van der Waals surface area (Å²) in [5.41, 5.74) is 1.70. The summed E-state index contributed by atoms with van der Waals surface area (Å²) in [7, 11) is 0. The van der Waals surface area contributed by atoms with E-state index >= 15 is 0 Å². The molecule has 1 N–H and O–H groups in total. The number of Topliss-reactive ketones (excluding diaryl/α,β-unsaturated/α-hetero) is 1. The Morgan fingerprint density at radius 3 is 2.13 bits per heavy atom. The van der Waals surface area contributed by atoms with Crippen molar-refractivity contribution in [1.29, 1.82) is 0 Å². The van der Waals surface area contributed by atoms with Crippen molar-refractivity contribution >= 4 is 5.78 Å². The minimum Gasteiger partial charge on any atom is -0.493 e. The Bertz CT molecular complexity index is 878. The van der Waals surface area contributed by atoms with Gasteiger partial charge in [0.15, 0.2) is 11.2 Å². The fourth-order valence-corrected chi connectivity index (χ4v) is 4.56. The largest absolute Gasteiger partial charge is 0.493 e. The van der Waals surface area contributed by atoms with Crippen LogP contribution in [-0.2, 0) is 16.0 Å². The molecule has 168 valence electrons. The average molecular weight is 419 g/mol. The average Bonchev–Trinajstić information content (AvgIpc) is 2.74. The molecule has 5 heteroatoms. The number of aliphatic hydroxyl groups is 1. The molecule has 0 saturated heterocycles. The van der Waals surface area contributed by atoms with Gasteiger partial charge in [0, 0.05) is 35.0 Å². The molecule has 0 saturated carbocycles. The first-order valence-corrected chi connectivity index (χ1v) is 11.2. The molecule has 6 unspecified atom stereocenters. The number of carbonyl (C=O) groups is 1. The second kappa shape index (κ2) is 9.51. The Kier molecular flexibility index (Phi) is 7.73. The van der Waals surface area contributed by atoms with Crippen LogP contribution in [0.2, 0.25) is 0 Å². The molecule has 1 aliphatic heterocycles. The van der Waals surface area contributed by atoms with Crippen LogP contribution in [0, 0.1) is 31.6 Å². The van der Waals surface area contributed by atoms with Gasteiger partial charge in [0.1, 0.15) is 23.4 Å². The van der Waals surface area contributed by atoms with Crippen LogP contribution in [0.5, 0.6) is 0 Å². The number of hydrogen-bond acceptors (Lipinski definition) is 5. The molecule has 1 aromatic heterocycles. The third-order valence-corrected chi connectivity index (χ3v) is 6.99. The number of rotatable bonds is 7. The quantitative estimate of drug-likeness (QED) is 0.685. The fourth-order valence-electron chi connectivity index (χ4n) is 4.56. The van der Waals surface area contributed by atoms with Crippen LogP contribution >= 0.6 is 0 Å². The summed E-state index contributed by atoms with van der Waals surface area (Å²) in [5.74, 6) is 1.02. The van der Waals surface area contributed by atoms with Gasteiger partial charge in [0.2, 0.25) is 0 Å². The molecule has 0 amide bonds.